The lowest BCUT2D eigenvalue weighted by molar-refractivity contribution is -0.137. The van der Waals surface area contributed by atoms with Crippen molar-refractivity contribution in [2.45, 2.75) is 32.6 Å². The smallest absolute Gasteiger partial charge is 0.334 e. The molecule has 1 unspecified atom stereocenters. The average molecular weight is 343 g/mol. The van der Waals surface area contributed by atoms with E-state index >= 15 is 0 Å². The van der Waals surface area contributed by atoms with Crippen molar-refractivity contribution in [1.82, 2.24) is 15.6 Å². The van der Waals surface area contributed by atoms with Gasteiger partial charge in [-0.05, 0) is 31.5 Å². The number of amides is 2. The normalized spacial score (nSPS) is 12.7. The molecule has 0 radical (unpaired) electrons. The van der Waals surface area contributed by atoms with E-state index in [9.17, 15) is 18.0 Å². The van der Waals surface area contributed by atoms with Gasteiger partial charge in [-0.25, -0.2) is 9.78 Å². The summed E-state index contributed by atoms with van der Waals surface area (Å²) in [5.41, 5.74) is 0.527. The zero-order valence-corrected chi connectivity index (χ0v) is 13.4. The fourth-order valence-electron chi connectivity index (χ4n) is 1.92. The van der Waals surface area contributed by atoms with Gasteiger partial charge in [-0.15, -0.1) is 11.3 Å². The van der Waals surface area contributed by atoms with Crippen LogP contribution in [0.3, 0.4) is 0 Å². The Hall–Kier alpha value is -2.09. The molecule has 1 aromatic heterocycles. The molecular formula is C15H16F3N3OS. The Labute approximate surface area is 135 Å². The number of nitrogens with zero attached hydrogens (tertiary/aromatic N) is 1. The van der Waals surface area contributed by atoms with Gasteiger partial charge in [-0.2, -0.15) is 13.2 Å². The van der Waals surface area contributed by atoms with Gasteiger partial charge in [-0.1, -0.05) is 12.1 Å². The zero-order chi connectivity index (χ0) is 17.0. The van der Waals surface area contributed by atoms with E-state index < -0.39 is 17.8 Å². The van der Waals surface area contributed by atoms with Gasteiger partial charge in [0.15, 0.2) is 0 Å². The Bertz CT molecular complexity index is 685. The van der Waals surface area contributed by atoms with Crippen LogP contribution in [-0.4, -0.2) is 11.0 Å². The van der Waals surface area contributed by atoms with Crippen LogP contribution in [0, 0.1) is 6.92 Å². The minimum atomic E-state index is -4.39. The summed E-state index contributed by atoms with van der Waals surface area (Å²) < 4.78 is 37.9. The standard InChI is InChI=1S/C15H16F3N3OS/c1-9-8-23-13(20-9)10(2)21-14(22)19-7-11-4-3-5-12(6-11)15(16,17)18/h3-6,8,10H,7H2,1-2H3,(H2,19,21,22). The highest BCUT2D eigenvalue weighted by Crippen LogP contribution is 2.29. The lowest BCUT2D eigenvalue weighted by Crippen LogP contribution is -2.36. The number of aryl methyl sites for hydroxylation is 1. The SMILES string of the molecule is Cc1csc(C(C)NC(=O)NCc2cccc(C(F)(F)F)c2)n1. The van der Waals surface area contributed by atoms with Crippen molar-refractivity contribution in [3.8, 4) is 0 Å². The summed E-state index contributed by atoms with van der Waals surface area (Å²) in [5.74, 6) is 0. The molecule has 8 heteroatoms. The van der Waals surface area contributed by atoms with Crippen LogP contribution in [0.5, 0.6) is 0 Å². The molecule has 0 aliphatic carbocycles. The van der Waals surface area contributed by atoms with Crippen LogP contribution in [0.25, 0.3) is 0 Å². The first-order chi connectivity index (χ1) is 10.8. The summed E-state index contributed by atoms with van der Waals surface area (Å²) in [6, 6.07) is 4.14. The number of hydrogen-bond donors (Lipinski definition) is 2. The van der Waals surface area contributed by atoms with Crippen molar-refractivity contribution >= 4 is 17.4 Å². The monoisotopic (exact) mass is 343 g/mol. The largest absolute Gasteiger partial charge is 0.416 e. The molecule has 2 amide bonds. The molecule has 124 valence electrons. The fourth-order valence-corrected chi connectivity index (χ4v) is 2.72. The van der Waals surface area contributed by atoms with Gasteiger partial charge < -0.3 is 10.6 Å². The summed E-state index contributed by atoms with van der Waals surface area (Å²) in [7, 11) is 0. The molecule has 0 saturated heterocycles. The minimum Gasteiger partial charge on any atom is -0.334 e. The van der Waals surface area contributed by atoms with Gasteiger partial charge in [0.1, 0.15) is 5.01 Å². The molecule has 2 rings (SSSR count). The van der Waals surface area contributed by atoms with Gasteiger partial charge in [0.05, 0.1) is 11.6 Å². The lowest BCUT2D eigenvalue weighted by Gasteiger charge is -2.13. The molecule has 23 heavy (non-hydrogen) atoms. The first-order valence-electron chi connectivity index (χ1n) is 6.88. The average Bonchev–Trinajstić information content (AvgIpc) is 2.91. The third-order valence-corrected chi connectivity index (χ3v) is 4.21. The number of rotatable bonds is 4. The number of urea groups is 1. The number of carbonyl (C=O) groups excluding carboxylic acids is 1. The predicted octanol–water partition coefficient (Wildman–Crippen LogP) is 4.03. The van der Waals surface area contributed by atoms with Gasteiger partial charge in [0.25, 0.3) is 0 Å². The van der Waals surface area contributed by atoms with Crippen molar-refractivity contribution in [3.05, 3.63) is 51.5 Å². The fraction of sp³-hybridized carbons (Fsp3) is 0.333. The van der Waals surface area contributed by atoms with Crippen LogP contribution >= 0.6 is 11.3 Å². The molecule has 1 atom stereocenters. The van der Waals surface area contributed by atoms with Gasteiger partial charge in [-0.3, -0.25) is 0 Å². The summed E-state index contributed by atoms with van der Waals surface area (Å²) in [6.45, 7) is 3.67. The summed E-state index contributed by atoms with van der Waals surface area (Å²) in [6.07, 6.45) is -4.39. The van der Waals surface area contributed by atoms with E-state index in [-0.39, 0.29) is 12.6 Å². The van der Waals surface area contributed by atoms with Crippen LogP contribution in [0.4, 0.5) is 18.0 Å². The summed E-state index contributed by atoms with van der Waals surface area (Å²) >= 11 is 1.44. The zero-order valence-electron chi connectivity index (χ0n) is 12.6. The molecule has 0 spiro atoms. The van der Waals surface area contributed by atoms with Crippen molar-refractivity contribution < 1.29 is 18.0 Å². The van der Waals surface area contributed by atoms with Crippen molar-refractivity contribution in [2.24, 2.45) is 0 Å². The second-order valence-electron chi connectivity index (χ2n) is 5.07. The van der Waals surface area contributed by atoms with Gasteiger partial charge >= 0.3 is 12.2 Å². The minimum absolute atomic E-state index is 0.0133. The number of carbonyl (C=O) groups is 1. The third-order valence-electron chi connectivity index (χ3n) is 3.06. The van der Waals surface area contributed by atoms with E-state index in [1.807, 2.05) is 12.3 Å². The number of hydrogen-bond acceptors (Lipinski definition) is 3. The Balaban J connectivity index is 1.89. The third kappa shape index (κ3) is 4.95. The molecule has 0 bridgehead atoms. The highest BCUT2D eigenvalue weighted by atomic mass is 32.1. The van der Waals surface area contributed by atoms with Crippen LogP contribution in [0.15, 0.2) is 29.6 Å². The maximum absolute atomic E-state index is 12.6. The van der Waals surface area contributed by atoms with Crippen molar-refractivity contribution in [1.29, 1.82) is 0 Å². The molecular weight excluding hydrogens is 327 g/mol. The second-order valence-corrected chi connectivity index (χ2v) is 5.96. The van der Waals surface area contributed by atoms with E-state index in [4.69, 9.17) is 0 Å². The van der Waals surface area contributed by atoms with Crippen LogP contribution in [0.1, 0.15) is 34.8 Å². The topological polar surface area (TPSA) is 54.0 Å². The van der Waals surface area contributed by atoms with E-state index in [2.05, 4.69) is 15.6 Å². The molecule has 4 nitrogen and oxygen atoms in total. The molecule has 0 saturated carbocycles. The number of benzene rings is 1. The number of alkyl halides is 3. The summed E-state index contributed by atoms with van der Waals surface area (Å²) in [4.78, 5) is 16.1. The molecule has 0 aliphatic rings. The lowest BCUT2D eigenvalue weighted by atomic mass is 10.1. The molecule has 2 aromatic rings. The first kappa shape index (κ1) is 17.3. The quantitative estimate of drug-likeness (QED) is 0.881. The van der Waals surface area contributed by atoms with E-state index in [0.29, 0.717) is 5.56 Å². The van der Waals surface area contributed by atoms with Crippen LogP contribution in [-0.2, 0) is 12.7 Å². The highest BCUT2D eigenvalue weighted by Gasteiger charge is 2.30. The first-order valence-corrected chi connectivity index (χ1v) is 7.76. The Kier molecular flexibility index (Phi) is 5.25. The van der Waals surface area contributed by atoms with Gasteiger partial charge in [0, 0.05) is 17.6 Å². The maximum Gasteiger partial charge on any atom is 0.416 e. The molecule has 1 heterocycles. The number of nitrogens with one attached hydrogen (secondary N) is 2. The second kappa shape index (κ2) is 6.99. The number of halogens is 3. The van der Waals surface area contributed by atoms with Crippen LogP contribution < -0.4 is 10.6 Å². The molecule has 1 aromatic carbocycles. The number of thiazole rings is 1. The predicted molar refractivity (Wildman–Crippen MR) is 82.1 cm³/mol. The Morgan fingerprint density at radius 3 is 2.74 bits per heavy atom. The van der Waals surface area contributed by atoms with Crippen molar-refractivity contribution in [2.75, 3.05) is 0 Å². The number of aromatic nitrogens is 1. The van der Waals surface area contributed by atoms with Crippen LogP contribution in [0.2, 0.25) is 0 Å². The van der Waals surface area contributed by atoms with Crippen molar-refractivity contribution in [3.63, 3.8) is 0 Å². The molecule has 0 fully saturated rings. The molecule has 0 aliphatic heterocycles. The highest BCUT2D eigenvalue weighted by molar-refractivity contribution is 7.09. The van der Waals surface area contributed by atoms with E-state index in [1.165, 1.54) is 23.5 Å². The maximum atomic E-state index is 12.6. The Morgan fingerprint density at radius 1 is 1.39 bits per heavy atom. The summed E-state index contributed by atoms with van der Waals surface area (Å²) in [5, 5.41) is 7.90. The van der Waals surface area contributed by atoms with E-state index in [0.717, 1.165) is 22.8 Å². The Morgan fingerprint density at radius 2 is 2.13 bits per heavy atom. The van der Waals surface area contributed by atoms with E-state index in [1.54, 1.807) is 6.92 Å². The van der Waals surface area contributed by atoms with Gasteiger partial charge in [0.2, 0.25) is 0 Å². The molecule has 2 N–H and O–H groups in total.